The molecule has 2 heterocycles. The molecule has 2 aromatic rings. The number of aromatic amines is 1. The molecule has 1 aromatic carbocycles. The molecule has 0 spiro atoms. The number of rotatable bonds is 4. The average molecular weight is 350 g/mol. The van der Waals surface area contributed by atoms with E-state index in [2.05, 4.69) is 10.3 Å². The van der Waals surface area contributed by atoms with Crippen LogP contribution in [0, 0.1) is 6.92 Å². The maximum absolute atomic E-state index is 12.4. The number of hydrogen-bond acceptors (Lipinski definition) is 4. The van der Waals surface area contributed by atoms with E-state index in [0.717, 1.165) is 16.5 Å². The van der Waals surface area contributed by atoms with Crippen LogP contribution in [0.2, 0.25) is 5.02 Å². The van der Waals surface area contributed by atoms with Crippen molar-refractivity contribution in [2.24, 2.45) is 0 Å². The molecule has 3 rings (SSSR count). The van der Waals surface area contributed by atoms with Gasteiger partial charge in [0.25, 0.3) is 5.56 Å². The van der Waals surface area contributed by atoms with Gasteiger partial charge in [-0.3, -0.25) is 14.4 Å². The number of ether oxygens (including phenoxy) is 1. The minimum absolute atomic E-state index is 0.0957. The fraction of sp³-hybridized carbons (Fsp3) is 0.312. The number of aromatic nitrogens is 1. The van der Waals surface area contributed by atoms with Gasteiger partial charge in [-0.15, -0.1) is 0 Å². The molecule has 2 N–H and O–H groups in total. The second-order valence-corrected chi connectivity index (χ2v) is 5.98. The van der Waals surface area contributed by atoms with Crippen LogP contribution in [0.3, 0.4) is 0 Å². The zero-order valence-electron chi connectivity index (χ0n) is 13.2. The Morgan fingerprint density at radius 2 is 2.17 bits per heavy atom. The fourth-order valence-corrected chi connectivity index (χ4v) is 3.23. The number of carbonyl (C=O) groups is 2. The quantitative estimate of drug-likeness (QED) is 0.808. The smallest absolute Gasteiger partial charge is 0.253 e. The summed E-state index contributed by atoms with van der Waals surface area (Å²) in [5, 5.41) is 3.60. The molecule has 0 aliphatic carbocycles. The largest absolute Gasteiger partial charge is 0.495 e. The summed E-state index contributed by atoms with van der Waals surface area (Å²) in [4.78, 5) is 39.2. The van der Waals surface area contributed by atoms with Crippen LogP contribution in [-0.2, 0) is 22.7 Å². The molecular formula is C16H16ClN3O4. The zero-order chi connectivity index (χ0) is 17.4. The van der Waals surface area contributed by atoms with Gasteiger partial charge in [0.2, 0.25) is 12.3 Å². The first-order chi connectivity index (χ1) is 11.5. The van der Waals surface area contributed by atoms with Crippen molar-refractivity contribution in [2.45, 2.75) is 20.0 Å². The van der Waals surface area contributed by atoms with Crippen molar-refractivity contribution in [1.29, 1.82) is 0 Å². The van der Waals surface area contributed by atoms with E-state index in [1.54, 1.807) is 13.0 Å². The lowest BCUT2D eigenvalue weighted by Crippen LogP contribution is -2.34. The number of carbonyl (C=O) groups excluding carboxylic acids is 2. The summed E-state index contributed by atoms with van der Waals surface area (Å²) in [5.41, 5.74) is 2.46. The molecule has 0 unspecified atom stereocenters. The minimum atomic E-state index is -0.247. The first kappa shape index (κ1) is 16.3. The Labute approximate surface area is 142 Å². The van der Waals surface area contributed by atoms with Crippen molar-refractivity contribution in [2.75, 3.05) is 13.7 Å². The first-order valence-corrected chi connectivity index (χ1v) is 7.71. The van der Waals surface area contributed by atoms with Crippen LogP contribution in [-0.4, -0.2) is 35.9 Å². The van der Waals surface area contributed by atoms with Gasteiger partial charge in [0.1, 0.15) is 5.75 Å². The number of halogens is 1. The highest BCUT2D eigenvalue weighted by Gasteiger charge is 2.28. The van der Waals surface area contributed by atoms with E-state index in [1.165, 1.54) is 12.0 Å². The van der Waals surface area contributed by atoms with Gasteiger partial charge in [0.15, 0.2) is 0 Å². The van der Waals surface area contributed by atoms with Crippen molar-refractivity contribution in [1.82, 2.24) is 15.2 Å². The minimum Gasteiger partial charge on any atom is -0.495 e. The summed E-state index contributed by atoms with van der Waals surface area (Å²) in [6.45, 7) is 2.23. The molecule has 2 amide bonds. The van der Waals surface area contributed by atoms with Crippen LogP contribution in [0.1, 0.15) is 16.7 Å². The number of fused-ring (bicyclic) bond motifs is 3. The van der Waals surface area contributed by atoms with E-state index >= 15 is 0 Å². The van der Waals surface area contributed by atoms with Gasteiger partial charge < -0.3 is 19.9 Å². The van der Waals surface area contributed by atoms with Gasteiger partial charge in [0, 0.05) is 17.5 Å². The van der Waals surface area contributed by atoms with E-state index in [0.29, 0.717) is 34.8 Å². The molecule has 1 aliphatic rings. The number of pyridine rings is 1. The highest BCUT2D eigenvalue weighted by molar-refractivity contribution is 6.33. The topological polar surface area (TPSA) is 91.5 Å². The van der Waals surface area contributed by atoms with E-state index in [9.17, 15) is 14.4 Å². The Bertz CT molecular complexity index is 907. The lowest BCUT2D eigenvalue weighted by Gasteiger charge is -2.15. The number of nitrogens with one attached hydrogen (secondary N) is 2. The SMILES string of the molecule is COc1cc2c3c(c(=O)[nH]c2c(C)c1Cl)CN(C(=O)CNC=O)C3. The number of benzene rings is 1. The third-order valence-corrected chi connectivity index (χ3v) is 4.74. The van der Waals surface area contributed by atoms with Crippen molar-refractivity contribution in [3.8, 4) is 5.75 Å². The van der Waals surface area contributed by atoms with E-state index < -0.39 is 0 Å². The molecule has 0 bridgehead atoms. The van der Waals surface area contributed by atoms with Crippen LogP contribution >= 0.6 is 11.6 Å². The summed E-state index contributed by atoms with van der Waals surface area (Å²) in [7, 11) is 1.53. The van der Waals surface area contributed by atoms with Gasteiger partial charge in [0.05, 0.1) is 30.7 Å². The highest BCUT2D eigenvalue weighted by Crippen LogP contribution is 2.36. The number of aryl methyl sites for hydroxylation is 1. The van der Waals surface area contributed by atoms with Gasteiger partial charge in [-0.05, 0) is 24.1 Å². The van der Waals surface area contributed by atoms with Gasteiger partial charge in [-0.2, -0.15) is 0 Å². The fourth-order valence-electron chi connectivity index (χ4n) is 3.00. The highest BCUT2D eigenvalue weighted by atomic mass is 35.5. The molecule has 0 atom stereocenters. The maximum Gasteiger partial charge on any atom is 0.253 e. The van der Waals surface area contributed by atoms with Crippen molar-refractivity contribution < 1.29 is 14.3 Å². The third-order valence-electron chi connectivity index (χ3n) is 4.27. The Morgan fingerprint density at radius 3 is 2.83 bits per heavy atom. The van der Waals surface area contributed by atoms with Crippen molar-refractivity contribution in [3.05, 3.63) is 38.1 Å². The lowest BCUT2D eigenvalue weighted by atomic mass is 10.0. The molecule has 0 radical (unpaired) electrons. The molecule has 8 heteroatoms. The van der Waals surface area contributed by atoms with Crippen LogP contribution in [0.5, 0.6) is 5.75 Å². The second-order valence-electron chi connectivity index (χ2n) is 5.60. The summed E-state index contributed by atoms with van der Waals surface area (Å²) >= 11 is 6.26. The number of hydrogen-bond donors (Lipinski definition) is 2. The molecule has 0 saturated carbocycles. The Morgan fingerprint density at radius 1 is 1.46 bits per heavy atom. The van der Waals surface area contributed by atoms with Gasteiger partial charge in [-0.1, -0.05) is 11.6 Å². The van der Waals surface area contributed by atoms with Crippen LogP contribution < -0.4 is 15.6 Å². The van der Waals surface area contributed by atoms with Crippen molar-refractivity contribution >= 4 is 34.8 Å². The maximum atomic E-state index is 12.4. The number of methoxy groups -OCH3 is 1. The monoisotopic (exact) mass is 349 g/mol. The number of H-pyrrole nitrogens is 1. The molecule has 0 fully saturated rings. The Balaban J connectivity index is 2.12. The average Bonchev–Trinajstić information content (AvgIpc) is 3.03. The van der Waals surface area contributed by atoms with Gasteiger partial charge in [-0.25, -0.2) is 0 Å². The molecule has 7 nitrogen and oxygen atoms in total. The standard InChI is InChI=1S/C16H16ClN3O4/c1-8-14(17)12(24-2)3-9-10-5-20(13(22)4-18-7-21)6-11(10)16(23)19-15(8)9/h3,7H,4-6H2,1-2H3,(H,18,21)(H,19,23). The third kappa shape index (κ3) is 2.50. The van der Waals surface area contributed by atoms with E-state index in [1.807, 2.05) is 0 Å². The summed E-state index contributed by atoms with van der Waals surface area (Å²) in [5.74, 6) is 0.270. The van der Waals surface area contributed by atoms with Gasteiger partial charge >= 0.3 is 0 Å². The van der Waals surface area contributed by atoms with E-state index in [-0.39, 0.29) is 24.6 Å². The molecular weight excluding hydrogens is 334 g/mol. The molecule has 24 heavy (non-hydrogen) atoms. The normalized spacial score (nSPS) is 13.0. The molecule has 126 valence electrons. The van der Waals surface area contributed by atoms with Crippen LogP contribution in [0.25, 0.3) is 10.9 Å². The summed E-state index contributed by atoms with van der Waals surface area (Å²) < 4.78 is 5.30. The van der Waals surface area contributed by atoms with Crippen LogP contribution in [0.15, 0.2) is 10.9 Å². The zero-order valence-corrected chi connectivity index (χ0v) is 14.0. The first-order valence-electron chi connectivity index (χ1n) is 7.33. The van der Waals surface area contributed by atoms with Crippen LogP contribution in [0.4, 0.5) is 0 Å². The molecule has 1 aromatic heterocycles. The second kappa shape index (κ2) is 6.16. The number of nitrogens with zero attached hydrogens (tertiary/aromatic N) is 1. The summed E-state index contributed by atoms with van der Waals surface area (Å²) in [6, 6.07) is 1.77. The number of amides is 2. The van der Waals surface area contributed by atoms with E-state index in [4.69, 9.17) is 16.3 Å². The predicted octanol–water partition coefficient (Wildman–Crippen LogP) is 1.09. The van der Waals surface area contributed by atoms with Crippen molar-refractivity contribution in [3.63, 3.8) is 0 Å². The Kier molecular flexibility index (Phi) is 4.19. The predicted molar refractivity (Wildman–Crippen MR) is 89.2 cm³/mol. The summed E-state index contributed by atoms with van der Waals surface area (Å²) in [6.07, 6.45) is 0.472. The molecule has 0 saturated heterocycles. The molecule has 1 aliphatic heterocycles. The lowest BCUT2D eigenvalue weighted by molar-refractivity contribution is -0.131. The Hall–Kier alpha value is -2.54.